The molecular weight excluding hydrogens is 224 g/mol. The summed E-state index contributed by atoms with van der Waals surface area (Å²) in [6.07, 6.45) is 0. The zero-order valence-corrected chi connectivity index (χ0v) is 9.16. The van der Waals surface area contributed by atoms with Crippen molar-refractivity contribution in [3.8, 4) is 0 Å². The Morgan fingerprint density at radius 2 is 1.76 bits per heavy atom. The quantitative estimate of drug-likeness (QED) is 0.253. The molecule has 0 aliphatic heterocycles. The largest absolute Gasteiger partial charge is 0.479 e. The van der Waals surface area contributed by atoms with Gasteiger partial charge in [0.05, 0.1) is 0 Å². The summed E-state index contributed by atoms with van der Waals surface area (Å²) in [6, 6.07) is 6.12. The van der Waals surface area contributed by atoms with Crippen molar-refractivity contribution >= 4 is 17.7 Å². The molecule has 0 heterocycles. The highest BCUT2D eigenvalue weighted by molar-refractivity contribution is 6.12. The molecule has 0 aliphatic rings. The molecule has 6 heteroatoms. The Morgan fingerprint density at radius 1 is 1.24 bits per heavy atom. The number of carboxylic acids is 1. The van der Waals surface area contributed by atoms with Gasteiger partial charge in [-0.25, -0.2) is 10.6 Å². The molecule has 0 aliphatic carbocycles. The molecular formula is C11H12N2O4. The molecule has 1 amide bonds. The van der Waals surface area contributed by atoms with Crippen molar-refractivity contribution in [2.24, 2.45) is 5.84 Å². The predicted molar refractivity (Wildman–Crippen MR) is 58.9 cm³/mol. The number of amides is 1. The maximum Gasteiger partial charge on any atom is 0.336 e. The van der Waals surface area contributed by atoms with Crippen molar-refractivity contribution in [1.29, 1.82) is 0 Å². The van der Waals surface area contributed by atoms with Gasteiger partial charge in [0.25, 0.3) is 0 Å². The number of ketones is 1. The molecule has 0 saturated carbocycles. The third-order valence-corrected chi connectivity index (χ3v) is 2.18. The molecule has 90 valence electrons. The molecule has 6 nitrogen and oxygen atoms in total. The first-order valence-electron chi connectivity index (χ1n) is 4.81. The molecule has 3 N–H and O–H groups in total. The van der Waals surface area contributed by atoms with Crippen LogP contribution in [-0.4, -0.2) is 33.8 Å². The van der Waals surface area contributed by atoms with E-state index in [0.717, 1.165) is 6.92 Å². The molecule has 17 heavy (non-hydrogen) atoms. The minimum Gasteiger partial charge on any atom is -0.479 e. The molecule has 0 fully saturated rings. The van der Waals surface area contributed by atoms with Crippen LogP contribution in [-0.2, 0) is 9.59 Å². The van der Waals surface area contributed by atoms with Crippen molar-refractivity contribution in [2.45, 2.75) is 13.0 Å². The molecule has 1 unspecified atom stereocenters. The van der Waals surface area contributed by atoms with E-state index in [0.29, 0.717) is 5.01 Å². The van der Waals surface area contributed by atoms with E-state index < -0.39 is 23.7 Å². The lowest BCUT2D eigenvalue weighted by molar-refractivity contribution is -0.147. The van der Waals surface area contributed by atoms with Gasteiger partial charge in [-0.15, -0.1) is 0 Å². The fraction of sp³-hybridized carbons (Fsp3) is 0.182. The van der Waals surface area contributed by atoms with Crippen LogP contribution in [0.5, 0.6) is 0 Å². The average molecular weight is 236 g/mol. The molecule has 1 aromatic carbocycles. The Hall–Kier alpha value is -2.21. The van der Waals surface area contributed by atoms with Crippen LogP contribution in [0.15, 0.2) is 30.3 Å². The van der Waals surface area contributed by atoms with E-state index in [-0.39, 0.29) is 5.56 Å². The smallest absolute Gasteiger partial charge is 0.336 e. The zero-order chi connectivity index (χ0) is 13.0. The van der Waals surface area contributed by atoms with Crippen LogP contribution in [0.25, 0.3) is 0 Å². The highest BCUT2D eigenvalue weighted by Crippen LogP contribution is 2.07. The van der Waals surface area contributed by atoms with E-state index in [1.807, 2.05) is 0 Å². The fourth-order valence-corrected chi connectivity index (χ4v) is 1.30. The van der Waals surface area contributed by atoms with Crippen LogP contribution in [0.1, 0.15) is 17.3 Å². The van der Waals surface area contributed by atoms with E-state index in [9.17, 15) is 14.4 Å². The number of nitrogens with two attached hydrogens (primary N) is 1. The van der Waals surface area contributed by atoms with Gasteiger partial charge in [-0.1, -0.05) is 30.3 Å². The number of benzene rings is 1. The maximum atomic E-state index is 11.9. The first-order chi connectivity index (χ1) is 7.95. The Kier molecular flexibility index (Phi) is 3.95. The number of rotatable bonds is 4. The van der Waals surface area contributed by atoms with Crippen LogP contribution < -0.4 is 5.84 Å². The number of nitrogens with zero attached hydrogens (tertiary/aromatic N) is 1. The molecule has 0 saturated heterocycles. The number of hydrogen-bond donors (Lipinski definition) is 2. The molecule has 1 atom stereocenters. The van der Waals surface area contributed by atoms with Crippen molar-refractivity contribution < 1.29 is 19.5 Å². The topological polar surface area (TPSA) is 101 Å². The summed E-state index contributed by atoms with van der Waals surface area (Å²) in [5, 5.41) is 9.34. The highest BCUT2D eigenvalue weighted by atomic mass is 16.4. The number of carbonyl (C=O) groups is 3. The van der Waals surface area contributed by atoms with Gasteiger partial charge in [0.2, 0.25) is 11.9 Å². The van der Waals surface area contributed by atoms with E-state index in [1.165, 1.54) is 12.1 Å². The van der Waals surface area contributed by atoms with E-state index in [4.69, 9.17) is 10.9 Å². The van der Waals surface area contributed by atoms with Crippen molar-refractivity contribution in [2.75, 3.05) is 0 Å². The number of Topliss-reactive ketones (excluding diaryl/α,β-unsaturated/α-hetero) is 1. The standard InChI is InChI=1S/C11H12N2O4/c1-7(14)13(12)9(11(16)17)10(15)8-5-3-2-4-6-8/h2-6,9H,12H2,1H3,(H,16,17). The molecule has 0 aromatic heterocycles. The second-order valence-electron chi connectivity index (χ2n) is 3.40. The number of carbonyl (C=O) groups excluding carboxylic acids is 2. The van der Waals surface area contributed by atoms with Gasteiger partial charge in [0.15, 0.2) is 5.78 Å². The molecule has 1 aromatic rings. The third kappa shape index (κ3) is 2.88. The van der Waals surface area contributed by atoms with Crippen LogP contribution in [0.4, 0.5) is 0 Å². The van der Waals surface area contributed by atoms with Gasteiger partial charge >= 0.3 is 5.97 Å². The van der Waals surface area contributed by atoms with E-state index in [1.54, 1.807) is 18.2 Å². The Bertz CT molecular complexity index is 444. The number of aliphatic carboxylic acids is 1. The number of hydrazine groups is 1. The predicted octanol–water partition coefficient (Wildman–Crippen LogP) is 0.0447. The monoisotopic (exact) mass is 236 g/mol. The van der Waals surface area contributed by atoms with Crippen LogP contribution >= 0.6 is 0 Å². The van der Waals surface area contributed by atoms with Crippen molar-refractivity contribution in [3.05, 3.63) is 35.9 Å². The minimum absolute atomic E-state index is 0.191. The fourth-order valence-electron chi connectivity index (χ4n) is 1.30. The SMILES string of the molecule is CC(=O)N(N)C(C(=O)O)C(=O)c1ccccc1. The maximum absolute atomic E-state index is 11.9. The van der Waals surface area contributed by atoms with Gasteiger partial charge in [-0.2, -0.15) is 0 Å². The summed E-state index contributed by atoms with van der Waals surface area (Å²) in [6.45, 7) is 1.09. The minimum atomic E-state index is -1.70. The van der Waals surface area contributed by atoms with Gasteiger partial charge in [-0.05, 0) is 0 Å². The van der Waals surface area contributed by atoms with E-state index >= 15 is 0 Å². The Morgan fingerprint density at radius 3 is 2.18 bits per heavy atom. The third-order valence-electron chi connectivity index (χ3n) is 2.18. The van der Waals surface area contributed by atoms with Crippen LogP contribution in [0.2, 0.25) is 0 Å². The molecule has 0 spiro atoms. The number of hydrogen-bond acceptors (Lipinski definition) is 4. The molecule has 0 bridgehead atoms. The number of carboxylic acid groups (broad SMARTS) is 1. The summed E-state index contributed by atoms with van der Waals surface area (Å²) in [5.41, 5.74) is 0.191. The summed E-state index contributed by atoms with van der Waals surface area (Å²) in [7, 11) is 0. The van der Waals surface area contributed by atoms with Gasteiger partial charge in [-0.3, -0.25) is 14.6 Å². The highest BCUT2D eigenvalue weighted by Gasteiger charge is 2.33. The van der Waals surface area contributed by atoms with Gasteiger partial charge in [0, 0.05) is 12.5 Å². The Labute approximate surface area is 97.6 Å². The van der Waals surface area contributed by atoms with Crippen LogP contribution in [0.3, 0.4) is 0 Å². The normalized spacial score (nSPS) is 11.6. The average Bonchev–Trinajstić information content (AvgIpc) is 2.29. The summed E-state index contributed by atoms with van der Waals surface area (Å²) in [5.74, 6) is 2.40. The lowest BCUT2D eigenvalue weighted by Crippen LogP contribution is -2.53. The van der Waals surface area contributed by atoms with Crippen LogP contribution in [0, 0.1) is 0 Å². The van der Waals surface area contributed by atoms with Crippen molar-refractivity contribution in [3.63, 3.8) is 0 Å². The summed E-state index contributed by atoms with van der Waals surface area (Å²) in [4.78, 5) is 33.9. The lowest BCUT2D eigenvalue weighted by atomic mass is 10.0. The first-order valence-corrected chi connectivity index (χ1v) is 4.81. The Balaban J connectivity index is 3.05. The van der Waals surface area contributed by atoms with Gasteiger partial charge < -0.3 is 5.11 Å². The van der Waals surface area contributed by atoms with Crippen molar-refractivity contribution in [1.82, 2.24) is 5.01 Å². The molecule has 0 radical (unpaired) electrons. The van der Waals surface area contributed by atoms with Gasteiger partial charge in [0.1, 0.15) is 0 Å². The lowest BCUT2D eigenvalue weighted by Gasteiger charge is -2.21. The second-order valence-corrected chi connectivity index (χ2v) is 3.40. The zero-order valence-electron chi connectivity index (χ0n) is 9.16. The summed E-state index contributed by atoms with van der Waals surface area (Å²) < 4.78 is 0. The second kappa shape index (κ2) is 5.22. The molecule has 1 rings (SSSR count). The van der Waals surface area contributed by atoms with E-state index in [2.05, 4.69) is 0 Å². The first kappa shape index (κ1) is 12.9. The summed E-state index contributed by atoms with van der Waals surface area (Å²) >= 11 is 0.